The highest BCUT2D eigenvalue weighted by atomic mass is 32.1. The monoisotopic (exact) mass is 325 g/mol. The summed E-state index contributed by atoms with van der Waals surface area (Å²) in [4.78, 5) is 4.37. The molecule has 2 aromatic rings. The van der Waals surface area contributed by atoms with Gasteiger partial charge < -0.3 is 10.6 Å². The molecule has 1 aromatic heterocycles. The number of aromatic nitrogens is 1. The van der Waals surface area contributed by atoms with Crippen molar-refractivity contribution in [3.05, 3.63) is 59.3 Å². The first-order valence-electron chi connectivity index (χ1n) is 8.17. The van der Waals surface area contributed by atoms with Crippen molar-refractivity contribution in [3.63, 3.8) is 0 Å². The van der Waals surface area contributed by atoms with Crippen molar-refractivity contribution in [2.45, 2.75) is 45.1 Å². The molecule has 120 valence electrons. The normalized spacial score (nSPS) is 16.1. The lowest BCUT2D eigenvalue weighted by molar-refractivity contribution is 0.406. The van der Waals surface area contributed by atoms with Gasteiger partial charge in [0.05, 0.1) is 5.54 Å². The van der Waals surface area contributed by atoms with Gasteiger partial charge in [-0.15, -0.1) is 0 Å². The standard InChI is InChI=1S/C19H23N3S/c1-14-9-10-17(20-13-14)21-18(23)22-19(11-5-6-12-19)16-8-4-3-7-15(16)2/h3-4,7-10,13H,5-6,11-12H2,1-2H3,(H2,20,21,22,23). The van der Waals surface area contributed by atoms with Gasteiger partial charge >= 0.3 is 0 Å². The van der Waals surface area contributed by atoms with Gasteiger partial charge in [-0.2, -0.15) is 0 Å². The zero-order valence-electron chi connectivity index (χ0n) is 13.7. The number of hydrogen-bond acceptors (Lipinski definition) is 2. The van der Waals surface area contributed by atoms with Gasteiger partial charge in [0.1, 0.15) is 5.82 Å². The Bertz CT molecular complexity index is 688. The quantitative estimate of drug-likeness (QED) is 0.817. The van der Waals surface area contributed by atoms with E-state index < -0.39 is 0 Å². The molecule has 0 unspecified atom stereocenters. The molecule has 0 amide bonds. The van der Waals surface area contributed by atoms with E-state index in [1.807, 2.05) is 25.3 Å². The molecule has 2 N–H and O–H groups in total. The topological polar surface area (TPSA) is 37.0 Å². The van der Waals surface area contributed by atoms with Gasteiger partial charge in [0.25, 0.3) is 0 Å². The molecule has 23 heavy (non-hydrogen) atoms. The van der Waals surface area contributed by atoms with Gasteiger partial charge in [-0.1, -0.05) is 43.2 Å². The maximum absolute atomic E-state index is 5.56. The molecule has 0 radical (unpaired) electrons. The van der Waals surface area contributed by atoms with Crippen LogP contribution in [0.4, 0.5) is 5.82 Å². The number of rotatable bonds is 3. The van der Waals surface area contributed by atoms with E-state index >= 15 is 0 Å². The van der Waals surface area contributed by atoms with Crippen molar-refractivity contribution >= 4 is 23.1 Å². The van der Waals surface area contributed by atoms with Crippen LogP contribution in [0.3, 0.4) is 0 Å². The Kier molecular flexibility index (Phi) is 4.62. The molecular weight excluding hydrogens is 302 g/mol. The molecule has 1 aliphatic rings. The van der Waals surface area contributed by atoms with Crippen molar-refractivity contribution < 1.29 is 0 Å². The lowest BCUT2D eigenvalue weighted by Crippen LogP contribution is -2.46. The largest absolute Gasteiger partial charge is 0.353 e. The molecule has 4 heteroatoms. The average molecular weight is 325 g/mol. The second kappa shape index (κ2) is 6.67. The lowest BCUT2D eigenvalue weighted by Gasteiger charge is -2.33. The molecule has 1 fully saturated rings. The third-order valence-electron chi connectivity index (χ3n) is 4.62. The van der Waals surface area contributed by atoms with Crippen LogP contribution in [0.15, 0.2) is 42.6 Å². The molecule has 0 saturated heterocycles. The fraction of sp³-hybridized carbons (Fsp3) is 0.368. The van der Waals surface area contributed by atoms with Gasteiger partial charge in [-0.3, -0.25) is 0 Å². The lowest BCUT2D eigenvalue weighted by atomic mass is 9.85. The van der Waals surface area contributed by atoms with Crippen LogP contribution in [0.25, 0.3) is 0 Å². The van der Waals surface area contributed by atoms with Crippen LogP contribution in [-0.4, -0.2) is 10.1 Å². The first kappa shape index (κ1) is 15.9. The average Bonchev–Trinajstić information content (AvgIpc) is 2.99. The van der Waals surface area contributed by atoms with Gasteiger partial charge in [-0.05, 0) is 61.7 Å². The highest BCUT2D eigenvalue weighted by Crippen LogP contribution is 2.40. The van der Waals surface area contributed by atoms with Gasteiger partial charge in [-0.25, -0.2) is 4.98 Å². The Balaban J connectivity index is 1.79. The first-order chi connectivity index (χ1) is 11.1. The second-order valence-corrected chi connectivity index (χ2v) is 6.81. The zero-order valence-corrected chi connectivity index (χ0v) is 14.5. The molecule has 0 atom stereocenters. The minimum absolute atomic E-state index is 0.0554. The number of aryl methyl sites for hydroxylation is 2. The van der Waals surface area contributed by atoms with Crippen molar-refractivity contribution in [1.29, 1.82) is 0 Å². The summed E-state index contributed by atoms with van der Waals surface area (Å²) in [5.41, 5.74) is 3.76. The summed E-state index contributed by atoms with van der Waals surface area (Å²) in [6, 6.07) is 12.6. The molecule has 3 nitrogen and oxygen atoms in total. The van der Waals surface area contributed by atoms with Crippen LogP contribution < -0.4 is 10.6 Å². The summed E-state index contributed by atoms with van der Waals surface area (Å²) in [5, 5.41) is 7.46. The summed E-state index contributed by atoms with van der Waals surface area (Å²) >= 11 is 5.56. The Hall–Kier alpha value is -1.94. The van der Waals surface area contributed by atoms with Crippen LogP contribution in [0.5, 0.6) is 0 Å². The fourth-order valence-corrected chi connectivity index (χ4v) is 3.76. The minimum atomic E-state index is -0.0554. The Morgan fingerprint density at radius 3 is 2.48 bits per heavy atom. The van der Waals surface area contributed by atoms with Crippen LogP contribution in [0.2, 0.25) is 0 Å². The van der Waals surface area contributed by atoms with Crippen molar-refractivity contribution in [1.82, 2.24) is 10.3 Å². The molecule has 3 rings (SSSR count). The molecule has 1 saturated carbocycles. The van der Waals surface area contributed by atoms with Crippen molar-refractivity contribution in [3.8, 4) is 0 Å². The van der Waals surface area contributed by atoms with Crippen molar-refractivity contribution in [2.24, 2.45) is 0 Å². The number of thiocarbonyl (C=S) groups is 1. The highest BCUT2D eigenvalue weighted by Gasteiger charge is 2.37. The highest BCUT2D eigenvalue weighted by molar-refractivity contribution is 7.80. The third kappa shape index (κ3) is 3.53. The van der Waals surface area contributed by atoms with E-state index in [0.29, 0.717) is 5.11 Å². The number of hydrogen-bond donors (Lipinski definition) is 2. The van der Waals surface area contributed by atoms with Gasteiger partial charge in [0, 0.05) is 6.20 Å². The van der Waals surface area contributed by atoms with Crippen LogP contribution >= 0.6 is 12.2 Å². The van der Waals surface area contributed by atoms with E-state index in [0.717, 1.165) is 24.2 Å². The fourth-order valence-electron chi connectivity index (χ4n) is 3.46. The molecule has 1 heterocycles. The molecule has 1 aromatic carbocycles. The summed E-state index contributed by atoms with van der Waals surface area (Å²) in [7, 11) is 0. The minimum Gasteiger partial charge on any atom is -0.353 e. The Labute approximate surface area is 143 Å². The van der Waals surface area contributed by atoms with E-state index in [2.05, 4.69) is 46.8 Å². The second-order valence-electron chi connectivity index (χ2n) is 6.40. The number of nitrogens with one attached hydrogen (secondary N) is 2. The van der Waals surface area contributed by atoms with E-state index in [-0.39, 0.29) is 5.54 Å². The maximum Gasteiger partial charge on any atom is 0.172 e. The van der Waals surface area contributed by atoms with E-state index in [4.69, 9.17) is 12.2 Å². The maximum atomic E-state index is 5.56. The number of benzene rings is 1. The summed E-state index contributed by atoms with van der Waals surface area (Å²) in [5.74, 6) is 0.783. The number of anilines is 1. The molecule has 0 spiro atoms. The van der Waals surface area contributed by atoms with E-state index in [9.17, 15) is 0 Å². The van der Waals surface area contributed by atoms with Crippen LogP contribution in [0, 0.1) is 13.8 Å². The number of pyridine rings is 1. The Morgan fingerprint density at radius 2 is 1.83 bits per heavy atom. The Morgan fingerprint density at radius 1 is 1.09 bits per heavy atom. The van der Waals surface area contributed by atoms with Crippen molar-refractivity contribution in [2.75, 3.05) is 5.32 Å². The van der Waals surface area contributed by atoms with E-state index in [1.54, 1.807) is 0 Å². The summed E-state index contributed by atoms with van der Waals surface area (Å²) in [6.45, 7) is 4.20. The predicted molar refractivity (Wildman–Crippen MR) is 99.7 cm³/mol. The summed E-state index contributed by atoms with van der Waals surface area (Å²) in [6.07, 6.45) is 6.53. The summed E-state index contributed by atoms with van der Waals surface area (Å²) < 4.78 is 0. The third-order valence-corrected chi connectivity index (χ3v) is 4.83. The van der Waals surface area contributed by atoms with Crippen LogP contribution in [0.1, 0.15) is 42.4 Å². The molecule has 0 bridgehead atoms. The predicted octanol–water partition coefficient (Wildman–Crippen LogP) is 4.45. The SMILES string of the molecule is Cc1ccc(NC(=S)NC2(c3ccccc3C)CCCC2)nc1. The van der Waals surface area contributed by atoms with Gasteiger partial charge in [0.2, 0.25) is 0 Å². The molecule has 1 aliphatic carbocycles. The zero-order chi connectivity index (χ0) is 16.3. The smallest absolute Gasteiger partial charge is 0.172 e. The molecular formula is C19H23N3S. The van der Waals surface area contributed by atoms with E-state index in [1.165, 1.54) is 24.0 Å². The van der Waals surface area contributed by atoms with Gasteiger partial charge in [0.15, 0.2) is 5.11 Å². The number of nitrogens with zero attached hydrogens (tertiary/aromatic N) is 1. The molecule has 0 aliphatic heterocycles. The van der Waals surface area contributed by atoms with Crippen LogP contribution in [-0.2, 0) is 5.54 Å². The first-order valence-corrected chi connectivity index (χ1v) is 8.58.